The Hall–Kier alpha value is -1.87. The third kappa shape index (κ3) is 4.85. The highest BCUT2D eigenvalue weighted by molar-refractivity contribution is 7.99. The molecule has 142 valence electrons. The molecule has 0 fully saturated rings. The molecule has 0 aliphatic rings. The summed E-state index contributed by atoms with van der Waals surface area (Å²) in [7, 11) is 1.33. The quantitative estimate of drug-likeness (QED) is 0.518. The summed E-state index contributed by atoms with van der Waals surface area (Å²) in [6.45, 7) is 6.61. The first-order valence-corrected chi connectivity index (χ1v) is 10.3. The summed E-state index contributed by atoms with van der Waals surface area (Å²) < 4.78 is 6.78. The summed E-state index contributed by atoms with van der Waals surface area (Å²) in [4.78, 5) is 25.2. The van der Waals surface area contributed by atoms with E-state index in [4.69, 9.17) is 4.74 Å². The molecule has 1 amide bonds. The molecule has 26 heavy (non-hydrogen) atoms. The lowest BCUT2D eigenvalue weighted by Gasteiger charge is -2.21. The number of carbonyl (C=O) groups is 2. The molecule has 2 aromatic heterocycles. The largest absolute Gasteiger partial charge is 0.467 e. The summed E-state index contributed by atoms with van der Waals surface area (Å²) in [6, 6.07) is 3.33. The molecule has 0 aliphatic carbocycles. The molecule has 1 N–H and O–H groups in total. The first-order chi connectivity index (χ1) is 12.5. The monoisotopic (exact) mass is 396 g/mol. The van der Waals surface area contributed by atoms with E-state index in [9.17, 15) is 9.59 Å². The van der Waals surface area contributed by atoms with Crippen LogP contribution in [0.5, 0.6) is 0 Å². The highest BCUT2D eigenvalue weighted by atomic mass is 32.2. The standard InChI is InChI=1S/C17H24N4O3S2/c1-5-11(3)14(16(23)24-4)18-13(22)10-26-17-20-19-15(21(17)6-2)12-8-7-9-25-12/h7-9,11,14H,5-6,10H2,1-4H3,(H,18,22)/t11-,14-/m0/s1. The van der Waals surface area contributed by atoms with Crippen molar-refractivity contribution in [2.75, 3.05) is 12.9 Å². The number of nitrogens with zero attached hydrogens (tertiary/aromatic N) is 3. The fourth-order valence-electron chi connectivity index (χ4n) is 2.41. The first-order valence-electron chi connectivity index (χ1n) is 8.48. The molecule has 0 saturated heterocycles. The van der Waals surface area contributed by atoms with Gasteiger partial charge in [-0.1, -0.05) is 38.1 Å². The zero-order valence-corrected chi connectivity index (χ0v) is 17.0. The van der Waals surface area contributed by atoms with Gasteiger partial charge in [0.1, 0.15) is 6.04 Å². The van der Waals surface area contributed by atoms with Crippen LogP contribution in [0, 0.1) is 5.92 Å². The number of aromatic nitrogens is 3. The van der Waals surface area contributed by atoms with Gasteiger partial charge < -0.3 is 14.6 Å². The van der Waals surface area contributed by atoms with Gasteiger partial charge in [-0.15, -0.1) is 21.5 Å². The lowest BCUT2D eigenvalue weighted by atomic mass is 9.99. The lowest BCUT2D eigenvalue weighted by molar-refractivity contribution is -0.146. The summed E-state index contributed by atoms with van der Waals surface area (Å²) in [5, 5.41) is 13.9. The third-order valence-electron chi connectivity index (χ3n) is 4.09. The van der Waals surface area contributed by atoms with Gasteiger partial charge in [0, 0.05) is 6.54 Å². The van der Waals surface area contributed by atoms with Crippen LogP contribution in [-0.2, 0) is 20.9 Å². The summed E-state index contributed by atoms with van der Waals surface area (Å²) >= 11 is 2.91. The maximum Gasteiger partial charge on any atom is 0.328 e. The molecule has 0 saturated carbocycles. The molecule has 0 spiro atoms. The second kappa shape index (κ2) is 9.72. The van der Waals surface area contributed by atoms with E-state index >= 15 is 0 Å². The van der Waals surface area contributed by atoms with Gasteiger partial charge in [0.25, 0.3) is 0 Å². The normalized spacial score (nSPS) is 13.2. The predicted octanol–water partition coefficient (Wildman–Crippen LogP) is 2.82. The Bertz CT molecular complexity index is 730. The predicted molar refractivity (Wildman–Crippen MR) is 103 cm³/mol. The maximum atomic E-state index is 12.3. The highest BCUT2D eigenvalue weighted by Gasteiger charge is 2.26. The summed E-state index contributed by atoms with van der Waals surface area (Å²) in [6.07, 6.45) is 0.765. The van der Waals surface area contributed by atoms with Crippen molar-refractivity contribution in [1.29, 1.82) is 0 Å². The second-order valence-electron chi connectivity index (χ2n) is 5.77. The first kappa shape index (κ1) is 20.4. The summed E-state index contributed by atoms with van der Waals surface area (Å²) in [5.74, 6) is 0.314. The van der Waals surface area contributed by atoms with Crippen molar-refractivity contribution in [2.24, 2.45) is 5.92 Å². The van der Waals surface area contributed by atoms with E-state index in [0.29, 0.717) is 11.7 Å². The summed E-state index contributed by atoms with van der Waals surface area (Å²) in [5.41, 5.74) is 0. The van der Waals surface area contributed by atoms with Crippen molar-refractivity contribution in [3.63, 3.8) is 0 Å². The van der Waals surface area contributed by atoms with Gasteiger partial charge >= 0.3 is 5.97 Å². The number of nitrogens with one attached hydrogen (secondary N) is 1. The zero-order valence-electron chi connectivity index (χ0n) is 15.4. The molecule has 2 atom stereocenters. The van der Waals surface area contributed by atoms with Crippen LogP contribution in [0.15, 0.2) is 22.7 Å². The number of amides is 1. The lowest BCUT2D eigenvalue weighted by Crippen LogP contribution is -2.46. The molecule has 0 bridgehead atoms. The average Bonchev–Trinajstić information content (AvgIpc) is 3.31. The molecule has 2 rings (SSSR count). The topological polar surface area (TPSA) is 86.1 Å². The Morgan fingerprint density at radius 3 is 2.73 bits per heavy atom. The van der Waals surface area contributed by atoms with E-state index in [1.807, 2.05) is 42.9 Å². The maximum absolute atomic E-state index is 12.3. The van der Waals surface area contributed by atoms with Crippen molar-refractivity contribution < 1.29 is 14.3 Å². The van der Waals surface area contributed by atoms with Gasteiger partial charge in [-0.3, -0.25) is 4.79 Å². The smallest absolute Gasteiger partial charge is 0.328 e. The zero-order chi connectivity index (χ0) is 19.1. The number of hydrogen-bond acceptors (Lipinski definition) is 7. The number of carbonyl (C=O) groups excluding carboxylic acids is 2. The van der Waals surface area contributed by atoms with Crippen LogP contribution < -0.4 is 5.32 Å². The van der Waals surface area contributed by atoms with Crippen LogP contribution in [0.3, 0.4) is 0 Å². The second-order valence-corrected chi connectivity index (χ2v) is 7.66. The van der Waals surface area contributed by atoms with E-state index in [1.54, 1.807) is 11.3 Å². The van der Waals surface area contributed by atoms with E-state index in [2.05, 4.69) is 15.5 Å². The van der Waals surface area contributed by atoms with Gasteiger partial charge in [0.15, 0.2) is 11.0 Å². The van der Waals surface area contributed by atoms with Crippen molar-refractivity contribution in [3.05, 3.63) is 17.5 Å². The van der Waals surface area contributed by atoms with Gasteiger partial charge in [-0.05, 0) is 24.3 Å². The molecular weight excluding hydrogens is 372 g/mol. The number of thioether (sulfide) groups is 1. The van der Waals surface area contributed by atoms with Crippen molar-refractivity contribution >= 4 is 35.0 Å². The van der Waals surface area contributed by atoms with Gasteiger partial charge in [0.05, 0.1) is 17.7 Å². The van der Waals surface area contributed by atoms with Gasteiger partial charge in [0.2, 0.25) is 5.91 Å². The Kier molecular flexibility index (Phi) is 7.65. The molecule has 7 nitrogen and oxygen atoms in total. The van der Waals surface area contributed by atoms with E-state index < -0.39 is 12.0 Å². The van der Waals surface area contributed by atoms with Gasteiger partial charge in [-0.25, -0.2) is 4.79 Å². The molecule has 2 aromatic rings. The van der Waals surface area contributed by atoms with E-state index in [0.717, 1.165) is 17.1 Å². The molecule has 0 radical (unpaired) electrons. The van der Waals surface area contributed by atoms with Gasteiger partial charge in [-0.2, -0.15) is 0 Å². The fraction of sp³-hybridized carbons (Fsp3) is 0.529. The Morgan fingerprint density at radius 1 is 1.38 bits per heavy atom. The van der Waals surface area contributed by atoms with E-state index in [1.165, 1.54) is 18.9 Å². The Balaban J connectivity index is 2.02. The fourth-order valence-corrected chi connectivity index (χ4v) is 3.94. The van der Waals surface area contributed by atoms with Crippen LogP contribution in [0.4, 0.5) is 0 Å². The molecule has 0 aliphatic heterocycles. The molecular formula is C17H24N4O3S2. The molecule has 0 unspecified atom stereocenters. The molecule has 0 aromatic carbocycles. The van der Waals surface area contributed by atoms with E-state index in [-0.39, 0.29) is 17.6 Å². The van der Waals surface area contributed by atoms with Crippen LogP contribution in [0.25, 0.3) is 10.7 Å². The number of rotatable bonds is 9. The van der Waals surface area contributed by atoms with Crippen LogP contribution in [0.1, 0.15) is 27.2 Å². The minimum absolute atomic E-state index is 0.00104. The molecule has 9 heteroatoms. The number of thiophene rings is 1. The van der Waals surface area contributed by atoms with Crippen LogP contribution in [-0.4, -0.2) is 45.5 Å². The Labute approximate surface area is 161 Å². The van der Waals surface area contributed by atoms with Crippen molar-refractivity contribution in [1.82, 2.24) is 20.1 Å². The van der Waals surface area contributed by atoms with Crippen LogP contribution >= 0.6 is 23.1 Å². The number of esters is 1. The van der Waals surface area contributed by atoms with Crippen molar-refractivity contribution in [2.45, 2.75) is 44.9 Å². The average molecular weight is 397 g/mol. The molecule has 2 heterocycles. The third-order valence-corrected chi connectivity index (χ3v) is 5.92. The number of ether oxygens (including phenoxy) is 1. The van der Waals surface area contributed by atoms with Crippen LogP contribution in [0.2, 0.25) is 0 Å². The SMILES string of the molecule is CC[C@H](C)[C@H](NC(=O)CSc1nnc(-c2cccs2)n1CC)C(=O)OC. The highest BCUT2D eigenvalue weighted by Crippen LogP contribution is 2.27. The van der Waals surface area contributed by atoms with Crippen molar-refractivity contribution in [3.8, 4) is 10.7 Å². The Morgan fingerprint density at radius 2 is 2.15 bits per heavy atom. The number of methoxy groups -OCH3 is 1. The minimum Gasteiger partial charge on any atom is -0.467 e. The minimum atomic E-state index is -0.635. The number of hydrogen-bond donors (Lipinski definition) is 1.